The monoisotopic (exact) mass is 301 g/mol. The fraction of sp³-hybridized carbons (Fsp3) is 0.385. The summed E-state index contributed by atoms with van der Waals surface area (Å²) < 4.78 is 41.2. The molecule has 0 spiro atoms. The zero-order chi connectivity index (χ0) is 15.5. The van der Waals surface area contributed by atoms with Crippen molar-refractivity contribution in [2.45, 2.75) is 19.5 Å². The number of anilines is 1. The van der Waals surface area contributed by atoms with E-state index >= 15 is 0 Å². The van der Waals surface area contributed by atoms with Crippen LogP contribution >= 0.6 is 0 Å². The number of rotatable bonds is 5. The lowest BCUT2D eigenvalue weighted by Crippen LogP contribution is -2.35. The lowest BCUT2D eigenvalue weighted by atomic mass is 10.3. The van der Waals surface area contributed by atoms with Gasteiger partial charge in [0.2, 0.25) is 5.91 Å². The number of halogens is 3. The third-order valence-corrected chi connectivity index (χ3v) is 2.63. The molecule has 0 bridgehead atoms. The van der Waals surface area contributed by atoms with E-state index in [4.69, 9.17) is 4.42 Å². The molecule has 0 atom stereocenters. The molecule has 0 saturated carbocycles. The first-order chi connectivity index (χ1) is 9.87. The SMILES string of the molecule is CCc1nc2cc(NC(=O)CNCC(F)(F)F)ccc2o1. The minimum Gasteiger partial charge on any atom is -0.441 e. The van der Waals surface area contributed by atoms with Crippen molar-refractivity contribution < 1.29 is 22.4 Å². The van der Waals surface area contributed by atoms with E-state index in [1.165, 1.54) is 0 Å². The van der Waals surface area contributed by atoms with Crippen LogP contribution in [0.25, 0.3) is 11.1 Å². The van der Waals surface area contributed by atoms with Gasteiger partial charge in [0.25, 0.3) is 0 Å². The zero-order valence-corrected chi connectivity index (χ0v) is 11.3. The van der Waals surface area contributed by atoms with E-state index in [0.29, 0.717) is 29.1 Å². The molecule has 0 unspecified atom stereocenters. The summed E-state index contributed by atoms with van der Waals surface area (Å²) in [5.41, 5.74) is 1.64. The second-order valence-corrected chi connectivity index (χ2v) is 4.41. The number of benzene rings is 1. The highest BCUT2D eigenvalue weighted by molar-refractivity contribution is 5.94. The molecule has 0 aliphatic heterocycles. The normalized spacial score (nSPS) is 11.8. The van der Waals surface area contributed by atoms with E-state index < -0.39 is 25.2 Å². The van der Waals surface area contributed by atoms with Gasteiger partial charge in [-0.05, 0) is 18.2 Å². The van der Waals surface area contributed by atoms with Gasteiger partial charge < -0.3 is 15.1 Å². The quantitative estimate of drug-likeness (QED) is 0.890. The number of nitrogens with zero attached hydrogens (tertiary/aromatic N) is 1. The number of oxazole rings is 1. The van der Waals surface area contributed by atoms with Crippen molar-refractivity contribution in [1.29, 1.82) is 0 Å². The molecule has 8 heteroatoms. The highest BCUT2D eigenvalue weighted by Crippen LogP contribution is 2.20. The van der Waals surface area contributed by atoms with Crippen molar-refractivity contribution >= 4 is 22.7 Å². The highest BCUT2D eigenvalue weighted by atomic mass is 19.4. The van der Waals surface area contributed by atoms with Gasteiger partial charge in [0.05, 0.1) is 13.1 Å². The van der Waals surface area contributed by atoms with Gasteiger partial charge in [0, 0.05) is 12.1 Å². The number of nitrogens with one attached hydrogen (secondary N) is 2. The first kappa shape index (κ1) is 15.3. The smallest absolute Gasteiger partial charge is 0.401 e. The molecule has 0 aliphatic rings. The predicted octanol–water partition coefficient (Wildman–Crippen LogP) is 2.48. The Kier molecular flexibility index (Phi) is 4.46. The number of aromatic nitrogens is 1. The van der Waals surface area contributed by atoms with E-state index in [1.54, 1.807) is 18.2 Å². The maximum atomic E-state index is 11.9. The molecule has 0 saturated heterocycles. The lowest BCUT2D eigenvalue weighted by molar-refractivity contribution is -0.126. The molecule has 1 aromatic carbocycles. The Labute approximate surface area is 118 Å². The standard InChI is InChI=1S/C13H14F3N3O2/c1-2-12-19-9-5-8(3-4-10(9)21-12)18-11(20)6-17-7-13(14,15)16/h3-5,17H,2,6-7H2,1H3,(H,18,20). The van der Waals surface area contributed by atoms with Gasteiger partial charge in [-0.15, -0.1) is 0 Å². The summed E-state index contributed by atoms with van der Waals surface area (Å²) in [6.07, 6.45) is -3.69. The van der Waals surface area contributed by atoms with Gasteiger partial charge in [-0.2, -0.15) is 13.2 Å². The van der Waals surface area contributed by atoms with Crippen LogP contribution in [0.3, 0.4) is 0 Å². The van der Waals surface area contributed by atoms with Crippen LogP contribution in [0.1, 0.15) is 12.8 Å². The van der Waals surface area contributed by atoms with Crippen LogP contribution in [-0.4, -0.2) is 30.2 Å². The zero-order valence-electron chi connectivity index (χ0n) is 11.3. The van der Waals surface area contributed by atoms with Gasteiger partial charge in [-0.1, -0.05) is 6.92 Å². The maximum absolute atomic E-state index is 11.9. The average Bonchev–Trinajstić information content (AvgIpc) is 2.79. The van der Waals surface area contributed by atoms with E-state index in [2.05, 4.69) is 10.3 Å². The fourth-order valence-corrected chi connectivity index (χ4v) is 1.73. The molecule has 5 nitrogen and oxygen atoms in total. The summed E-state index contributed by atoms with van der Waals surface area (Å²) in [4.78, 5) is 15.7. The molecule has 0 aliphatic carbocycles. The van der Waals surface area contributed by atoms with Crippen molar-refractivity contribution in [2.24, 2.45) is 0 Å². The first-order valence-electron chi connectivity index (χ1n) is 6.34. The van der Waals surface area contributed by atoms with Crippen LogP contribution in [0.4, 0.5) is 18.9 Å². The Morgan fingerprint density at radius 3 is 2.81 bits per heavy atom. The van der Waals surface area contributed by atoms with Gasteiger partial charge in [0.1, 0.15) is 5.52 Å². The van der Waals surface area contributed by atoms with Crippen molar-refractivity contribution in [3.8, 4) is 0 Å². The van der Waals surface area contributed by atoms with Crippen LogP contribution in [0.15, 0.2) is 22.6 Å². The predicted molar refractivity (Wildman–Crippen MR) is 70.9 cm³/mol. The van der Waals surface area contributed by atoms with Gasteiger partial charge in [-0.3, -0.25) is 4.79 Å². The van der Waals surface area contributed by atoms with E-state index in [1.807, 2.05) is 12.2 Å². The molecule has 2 N–H and O–H groups in total. The molecular weight excluding hydrogens is 287 g/mol. The Bertz CT molecular complexity index is 637. The highest BCUT2D eigenvalue weighted by Gasteiger charge is 2.26. The maximum Gasteiger partial charge on any atom is 0.401 e. The van der Waals surface area contributed by atoms with E-state index in [9.17, 15) is 18.0 Å². The van der Waals surface area contributed by atoms with Gasteiger partial charge in [0.15, 0.2) is 11.5 Å². The minimum atomic E-state index is -4.34. The van der Waals surface area contributed by atoms with E-state index in [-0.39, 0.29) is 0 Å². The molecule has 2 aromatic rings. The Balaban J connectivity index is 1.94. The first-order valence-corrected chi connectivity index (χ1v) is 6.34. The van der Waals surface area contributed by atoms with Crippen LogP contribution in [0, 0.1) is 0 Å². The summed E-state index contributed by atoms with van der Waals surface area (Å²) in [5.74, 6) is 0.0260. The number of alkyl halides is 3. The molecule has 0 radical (unpaired) electrons. The lowest BCUT2D eigenvalue weighted by Gasteiger charge is -2.08. The Morgan fingerprint density at radius 2 is 2.14 bits per heavy atom. The number of hydrogen-bond acceptors (Lipinski definition) is 4. The fourth-order valence-electron chi connectivity index (χ4n) is 1.73. The summed E-state index contributed by atoms with van der Waals surface area (Å²) in [7, 11) is 0. The van der Waals surface area contributed by atoms with Crippen molar-refractivity contribution in [1.82, 2.24) is 10.3 Å². The summed E-state index contributed by atoms with van der Waals surface area (Å²) in [6.45, 7) is 0.277. The number of fused-ring (bicyclic) bond motifs is 1. The molecule has 114 valence electrons. The van der Waals surface area contributed by atoms with Crippen molar-refractivity contribution in [3.63, 3.8) is 0 Å². The van der Waals surface area contributed by atoms with Gasteiger partial charge >= 0.3 is 6.18 Å². The number of hydrogen-bond donors (Lipinski definition) is 2. The van der Waals surface area contributed by atoms with Crippen LogP contribution < -0.4 is 10.6 Å². The molecule has 0 fully saturated rings. The summed E-state index contributed by atoms with van der Waals surface area (Å²) >= 11 is 0. The molecule has 1 heterocycles. The Morgan fingerprint density at radius 1 is 1.38 bits per heavy atom. The molecule has 1 aromatic heterocycles. The second kappa shape index (κ2) is 6.13. The summed E-state index contributed by atoms with van der Waals surface area (Å²) in [6, 6.07) is 4.87. The molecule has 1 amide bonds. The number of carbonyl (C=O) groups is 1. The van der Waals surface area contributed by atoms with Gasteiger partial charge in [-0.25, -0.2) is 4.98 Å². The topological polar surface area (TPSA) is 67.2 Å². The van der Waals surface area contributed by atoms with Crippen molar-refractivity contribution in [3.05, 3.63) is 24.1 Å². The summed E-state index contributed by atoms with van der Waals surface area (Å²) in [5, 5.41) is 4.52. The number of carbonyl (C=O) groups excluding carboxylic acids is 1. The molecule has 2 rings (SSSR count). The van der Waals surface area contributed by atoms with Crippen LogP contribution in [0.5, 0.6) is 0 Å². The average molecular weight is 301 g/mol. The third-order valence-electron chi connectivity index (χ3n) is 2.63. The molecule has 21 heavy (non-hydrogen) atoms. The number of amides is 1. The van der Waals surface area contributed by atoms with Crippen LogP contribution in [-0.2, 0) is 11.2 Å². The minimum absolute atomic E-state index is 0.420. The number of aryl methyl sites for hydroxylation is 1. The Hall–Kier alpha value is -2.09. The van der Waals surface area contributed by atoms with Crippen molar-refractivity contribution in [2.75, 3.05) is 18.4 Å². The van der Waals surface area contributed by atoms with Crippen LogP contribution in [0.2, 0.25) is 0 Å². The molecular formula is C13H14F3N3O2. The largest absolute Gasteiger partial charge is 0.441 e. The van der Waals surface area contributed by atoms with E-state index in [0.717, 1.165) is 0 Å². The third kappa shape index (κ3) is 4.45. The second-order valence-electron chi connectivity index (χ2n) is 4.41.